The number of hydrogen-bond acceptors (Lipinski definition) is 3. The number of benzene rings is 1. The average Bonchev–Trinajstić information content (AvgIpc) is 2.86. The highest BCUT2D eigenvalue weighted by atomic mass is 16.3. The lowest BCUT2D eigenvalue weighted by Gasteiger charge is -2.17. The van der Waals surface area contributed by atoms with Gasteiger partial charge in [0, 0.05) is 26.2 Å². The van der Waals surface area contributed by atoms with E-state index in [0.29, 0.717) is 6.54 Å². The van der Waals surface area contributed by atoms with Gasteiger partial charge >= 0.3 is 0 Å². The predicted octanol–water partition coefficient (Wildman–Crippen LogP) is 3.74. The number of carbonyl (C=O) groups is 1. The minimum atomic E-state index is 0.0628. The van der Waals surface area contributed by atoms with Crippen molar-refractivity contribution in [2.24, 2.45) is 0 Å². The molecule has 0 aliphatic rings. The van der Waals surface area contributed by atoms with Gasteiger partial charge in [-0.05, 0) is 43.7 Å². The van der Waals surface area contributed by atoms with Crippen molar-refractivity contribution >= 4 is 11.6 Å². The van der Waals surface area contributed by atoms with E-state index in [1.54, 1.807) is 18.9 Å². The van der Waals surface area contributed by atoms with Gasteiger partial charge in [-0.3, -0.25) is 4.79 Å². The van der Waals surface area contributed by atoms with Crippen LogP contribution in [-0.2, 0) is 11.3 Å². The zero-order valence-corrected chi connectivity index (χ0v) is 13.0. The van der Waals surface area contributed by atoms with Crippen LogP contribution in [0.15, 0.2) is 40.8 Å². The third kappa shape index (κ3) is 4.12. The second kappa shape index (κ2) is 6.48. The van der Waals surface area contributed by atoms with Crippen LogP contribution in [0, 0.1) is 6.92 Å². The lowest BCUT2D eigenvalue weighted by Crippen LogP contribution is -2.23. The Kier molecular flexibility index (Phi) is 4.68. The summed E-state index contributed by atoms with van der Waals surface area (Å²) in [4.78, 5) is 13.0. The highest BCUT2D eigenvalue weighted by Gasteiger charge is 2.10. The first-order chi connectivity index (χ1) is 9.95. The molecule has 1 atom stereocenters. The van der Waals surface area contributed by atoms with Crippen LogP contribution in [0.25, 0.3) is 0 Å². The van der Waals surface area contributed by atoms with Crippen LogP contribution in [0.5, 0.6) is 0 Å². The van der Waals surface area contributed by atoms with Crippen LogP contribution in [0.2, 0.25) is 0 Å². The molecule has 2 rings (SSSR count). The van der Waals surface area contributed by atoms with Crippen molar-refractivity contribution in [2.45, 2.75) is 33.4 Å². The monoisotopic (exact) mass is 286 g/mol. The topological polar surface area (TPSA) is 45.5 Å². The van der Waals surface area contributed by atoms with Gasteiger partial charge in [-0.15, -0.1) is 0 Å². The fourth-order valence-corrected chi connectivity index (χ4v) is 2.15. The maximum Gasteiger partial charge on any atom is 0.219 e. The fourth-order valence-electron chi connectivity index (χ4n) is 2.15. The molecule has 0 aliphatic heterocycles. The van der Waals surface area contributed by atoms with Crippen LogP contribution >= 0.6 is 0 Å². The Morgan fingerprint density at radius 2 is 2.10 bits per heavy atom. The van der Waals surface area contributed by atoms with E-state index in [0.717, 1.165) is 22.8 Å². The van der Waals surface area contributed by atoms with Crippen LogP contribution in [0.4, 0.5) is 5.69 Å². The van der Waals surface area contributed by atoms with Crippen LogP contribution < -0.4 is 5.32 Å². The van der Waals surface area contributed by atoms with Crippen molar-refractivity contribution in [3.63, 3.8) is 0 Å². The Bertz CT molecular complexity index is 619. The normalized spacial score (nSPS) is 12.0. The summed E-state index contributed by atoms with van der Waals surface area (Å²) < 4.78 is 5.63. The first kappa shape index (κ1) is 15.2. The summed E-state index contributed by atoms with van der Waals surface area (Å²) in [6.07, 6.45) is 0. The molecule has 1 amide bonds. The molecule has 2 aromatic rings. The Morgan fingerprint density at radius 3 is 2.71 bits per heavy atom. The van der Waals surface area contributed by atoms with Crippen molar-refractivity contribution in [3.8, 4) is 0 Å². The van der Waals surface area contributed by atoms with E-state index in [2.05, 4.69) is 18.3 Å². The minimum Gasteiger partial charge on any atom is -0.464 e. The van der Waals surface area contributed by atoms with Crippen molar-refractivity contribution in [1.29, 1.82) is 0 Å². The van der Waals surface area contributed by atoms with E-state index >= 15 is 0 Å². The Morgan fingerprint density at radius 1 is 1.33 bits per heavy atom. The lowest BCUT2D eigenvalue weighted by atomic mass is 10.1. The molecule has 1 aromatic carbocycles. The Hall–Kier alpha value is -2.23. The summed E-state index contributed by atoms with van der Waals surface area (Å²) in [5.74, 6) is 1.89. The maximum absolute atomic E-state index is 11.3. The first-order valence-corrected chi connectivity index (χ1v) is 7.09. The number of rotatable bonds is 5. The van der Waals surface area contributed by atoms with Gasteiger partial charge in [-0.25, -0.2) is 0 Å². The summed E-state index contributed by atoms with van der Waals surface area (Å²) in [5, 5.41) is 3.42. The summed E-state index contributed by atoms with van der Waals surface area (Å²) in [7, 11) is 1.80. The van der Waals surface area contributed by atoms with Crippen molar-refractivity contribution < 1.29 is 9.21 Å². The van der Waals surface area contributed by atoms with Gasteiger partial charge in [0.15, 0.2) is 0 Å². The Labute approximate surface area is 125 Å². The summed E-state index contributed by atoms with van der Waals surface area (Å²) >= 11 is 0. The molecule has 1 unspecified atom stereocenters. The van der Waals surface area contributed by atoms with E-state index in [9.17, 15) is 4.79 Å². The van der Waals surface area contributed by atoms with E-state index in [1.165, 1.54) is 0 Å². The first-order valence-electron chi connectivity index (χ1n) is 7.09. The molecule has 0 saturated heterocycles. The molecule has 112 valence electrons. The van der Waals surface area contributed by atoms with Gasteiger partial charge in [0.1, 0.15) is 11.5 Å². The van der Waals surface area contributed by atoms with Gasteiger partial charge in [0.25, 0.3) is 0 Å². The number of nitrogens with one attached hydrogen (secondary N) is 1. The lowest BCUT2D eigenvalue weighted by molar-refractivity contribution is -0.128. The number of furan rings is 1. The molecule has 21 heavy (non-hydrogen) atoms. The van der Waals surface area contributed by atoms with E-state index in [1.807, 2.05) is 37.3 Å². The van der Waals surface area contributed by atoms with Gasteiger partial charge in [0.05, 0.1) is 6.04 Å². The molecule has 4 nitrogen and oxygen atoms in total. The van der Waals surface area contributed by atoms with E-state index < -0.39 is 0 Å². The largest absolute Gasteiger partial charge is 0.464 e. The molecule has 4 heteroatoms. The smallest absolute Gasteiger partial charge is 0.219 e. The maximum atomic E-state index is 11.3. The SMILES string of the molecule is CC(=O)N(C)Cc1cccc(NC(C)c2ccc(C)o2)c1. The molecule has 0 aliphatic carbocycles. The molecule has 0 fully saturated rings. The quantitative estimate of drug-likeness (QED) is 0.910. The van der Waals surface area contributed by atoms with Gasteiger partial charge in [0.2, 0.25) is 5.91 Å². The van der Waals surface area contributed by atoms with Crippen molar-refractivity contribution in [2.75, 3.05) is 12.4 Å². The third-order valence-corrected chi connectivity index (χ3v) is 3.46. The molecule has 1 aromatic heterocycles. The van der Waals surface area contributed by atoms with Crippen LogP contribution in [-0.4, -0.2) is 17.9 Å². The van der Waals surface area contributed by atoms with Crippen molar-refractivity contribution in [1.82, 2.24) is 4.90 Å². The van der Waals surface area contributed by atoms with Gasteiger partial charge < -0.3 is 14.6 Å². The second-order valence-corrected chi connectivity index (χ2v) is 5.39. The third-order valence-electron chi connectivity index (χ3n) is 3.46. The van der Waals surface area contributed by atoms with E-state index in [-0.39, 0.29) is 11.9 Å². The zero-order valence-electron chi connectivity index (χ0n) is 13.0. The summed E-state index contributed by atoms with van der Waals surface area (Å²) in [6.45, 7) is 6.18. The number of nitrogens with zero attached hydrogens (tertiary/aromatic N) is 1. The highest BCUT2D eigenvalue weighted by molar-refractivity contribution is 5.72. The molecule has 0 saturated carbocycles. The number of hydrogen-bond donors (Lipinski definition) is 1. The fraction of sp³-hybridized carbons (Fsp3) is 0.353. The molecule has 0 bridgehead atoms. The standard InChI is InChI=1S/C17H22N2O2/c1-12-8-9-17(21-12)13(2)18-16-7-5-6-15(10-16)11-19(4)14(3)20/h5-10,13,18H,11H2,1-4H3. The number of carbonyl (C=O) groups excluding carboxylic acids is 1. The molecule has 1 N–H and O–H groups in total. The molecule has 0 spiro atoms. The van der Waals surface area contributed by atoms with Gasteiger partial charge in [-0.1, -0.05) is 12.1 Å². The minimum absolute atomic E-state index is 0.0628. The van der Waals surface area contributed by atoms with Crippen molar-refractivity contribution in [3.05, 3.63) is 53.5 Å². The zero-order chi connectivity index (χ0) is 15.4. The second-order valence-electron chi connectivity index (χ2n) is 5.39. The summed E-state index contributed by atoms with van der Waals surface area (Å²) in [5.41, 5.74) is 2.12. The predicted molar refractivity (Wildman–Crippen MR) is 84.1 cm³/mol. The highest BCUT2D eigenvalue weighted by Crippen LogP contribution is 2.22. The molecule has 1 heterocycles. The average molecular weight is 286 g/mol. The van der Waals surface area contributed by atoms with Crippen LogP contribution in [0.3, 0.4) is 0 Å². The number of anilines is 1. The Balaban J connectivity index is 2.05. The molecular weight excluding hydrogens is 264 g/mol. The van der Waals surface area contributed by atoms with Gasteiger partial charge in [-0.2, -0.15) is 0 Å². The molecular formula is C17H22N2O2. The summed E-state index contributed by atoms with van der Waals surface area (Å²) in [6, 6.07) is 12.1. The molecule has 0 radical (unpaired) electrons. The number of aryl methyl sites for hydroxylation is 1. The van der Waals surface area contributed by atoms with E-state index in [4.69, 9.17) is 4.42 Å². The number of amides is 1. The van der Waals surface area contributed by atoms with Crippen LogP contribution in [0.1, 0.15) is 37.0 Å².